The van der Waals surface area contributed by atoms with E-state index in [2.05, 4.69) is 0 Å². The van der Waals surface area contributed by atoms with E-state index in [-0.39, 0.29) is 50.9 Å². The molecule has 10 nitrogen and oxygen atoms in total. The average Bonchev–Trinajstić information content (AvgIpc) is 2.89. The summed E-state index contributed by atoms with van der Waals surface area (Å²) in [4.78, 5) is 27.3. The third kappa shape index (κ3) is 3.90. The highest BCUT2D eigenvalue weighted by Crippen LogP contribution is 2.52. The Morgan fingerprint density at radius 2 is 1.30 bits per heavy atom. The Balaban J connectivity index is 1.66. The highest BCUT2D eigenvalue weighted by Gasteiger charge is 2.44. The van der Waals surface area contributed by atoms with Crippen LogP contribution in [0, 0.1) is 0 Å². The van der Waals surface area contributed by atoms with Gasteiger partial charge in [-0.1, -0.05) is 12.1 Å². The molecule has 0 fully saturated rings. The zero-order valence-corrected chi connectivity index (χ0v) is 20.4. The van der Waals surface area contributed by atoms with Gasteiger partial charge in [0.15, 0.2) is 11.2 Å². The summed E-state index contributed by atoms with van der Waals surface area (Å²) in [5.74, 6) is -4.39. The van der Waals surface area contributed by atoms with Crippen molar-refractivity contribution in [3.8, 4) is 51.6 Å². The van der Waals surface area contributed by atoms with Crippen molar-refractivity contribution in [2.45, 2.75) is 12.0 Å². The van der Waals surface area contributed by atoms with Gasteiger partial charge in [0, 0.05) is 29.8 Å². The number of hydrogen-bond acceptors (Lipinski definition) is 10. The maximum Gasteiger partial charge on any atom is 0.197 e. The number of carbonyl (C=O) groups is 1. The number of rotatable bonds is 3. The Morgan fingerprint density at radius 1 is 0.650 bits per heavy atom. The molecule has 1 aliphatic rings. The molecule has 200 valence electrons. The molecule has 1 aromatic heterocycles. The van der Waals surface area contributed by atoms with Gasteiger partial charge < -0.3 is 39.8 Å². The van der Waals surface area contributed by atoms with Crippen LogP contribution >= 0.6 is 0 Å². The molecule has 0 amide bonds. The van der Waals surface area contributed by atoms with Crippen molar-refractivity contribution in [2.24, 2.45) is 0 Å². The molecule has 40 heavy (non-hydrogen) atoms. The van der Waals surface area contributed by atoms with Crippen LogP contribution in [0.15, 0.2) is 82.0 Å². The molecule has 0 radical (unpaired) electrons. The van der Waals surface area contributed by atoms with Crippen LogP contribution in [0.4, 0.5) is 0 Å². The van der Waals surface area contributed by atoms with Crippen LogP contribution in [0.25, 0.3) is 22.3 Å². The van der Waals surface area contributed by atoms with E-state index in [9.17, 15) is 40.2 Å². The molecule has 5 aromatic rings. The second-order valence-electron chi connectivity index (χ2n) is 9.36. The van der Waals surface area contributed by atoms with Gasteiger partial charge in [0.25, 0.3) is 0 Å². The number of phenolic OH excluding ortho intramolecular Hbond substituents is 6. The predicted octanol–water partition coefficient (Wildman–Crippen LogP) is 4.79. The SMILES string of the molecule is O=C1c2c(O)cc(O)cc2O[C@H](c2ccc(O)cc2)[C@H]1c1c(O)cc(O)c2c(=O)cc(-c3ccc(O)cc3)oc12. The number of Topliss-reactive ketones (excluding diaryl/α,β-unsaturated/α-hetero) is 1. The molecule has 0 aliphatic carbocycles. The minimum absolute atomic E-state index is 0.0194. The Kier molecular flexibility index (Phi) is 5.54. The quantitative estimate of drug-likeness (QED) is 0.186. The van der Waals surface area contributed by atoms with Crippen molar-refractivity contribution in [1.29, 1.82) is 0 Å². The zero-order valence-electron chi connectivity index (χ0n) is 20.4. The van der Waals surface area contributed by atoms with Crippen molar-refractivity contribution < 1.29 is 44.6 Å². The molecule has 0 saturated carbocycles. The van der Waals surface area contributed by atoms with Crippen molar-refractivity contribution in [3.63, 3.8) is 0 Å². The van der Waals surface area contributed by atoms with E-state index >= 15 is 0 Å². The Morgan fingerprint density at radius 3 is 1.98 bits per heavy atom. The number of carbonyl (C=O) groups excluding carboxylic acids is 1. The van der Waals surface area contributed by atoms with Crippen LogP contribution in [0.3, 0.4) is 0 Å². The van der Waals surface area contributed by atoms with Gasteiger partial charge in [0.05, 0.1) is 11.5 Å². The van der Waals surface area contributed by atoms with Crippen molar-refractivity contribution in [3.05, 3.63) is 99.7 Å². The molecular formula is C30H20O10. The van der Waals surface area contributed by atoms with Gasteiger partial charge in [0.1, 0.15) is 68.6 Å². The van der Waals surface area contributed by atoms with Gasteiger partial charge in [-0.05, 0) is 42.0 Å². The van der Waals surface area contributed by atoms with Crippen LogP contribution in [-0.4, -0.2) is 36.4 Å². The van der Waals surface area contributed by atoms with E-state index in [0.29, 0.717) is 11.1 Å². The number of fused-ring (bicyclic) bond motifs is 2. The minimum atomic E-state index is -1.42. The standard InChI is InChI=1S/C30H20O10/c31-15-5-1-13(2-6-15)22-12-21(37)24-19(35)11-20(36)26(30(24)39-22)27-28(38)25-18(34)9-17(33)10-23(25)40-29(27)14-3-7-16(32)8-4-14/h1-12,27,29,31-36H/t27-,29+/m0/s1. The van der Waals surface area contributed by atoms with Crippen LogP contribution in [0.1, 0.15) is 33.5 Å². The molecule has 10 heteroatoms. The number of benzene rings is 4. The molecule has 2 heterocycles. The fourth-order valence-electron chi connectivity index (χ4n) is 5.02. The molecule has 0 bridgehead atoms. The first-order chi connectivity index (χ1) is 19.1. The molecule has 0 saturated heterocycles. The van der Waals surface area contributed by atoms with Gasteiger partial charge >= 0.3 is 0 Å². The highest BCUT2D eigenvalue weighted by atomic mass is 16.5. The van der Waals surface area contributed by atoms with Gasteiger partial charge in [0.2, 0.25) is 0 Å². The minimum Gasteiger partial charge on any atom is -0.508 e. The summed E-state index contributed by atoms with van der Waals surface area (Å²) in [7, 11) is 0. The van der Waals surface area contributed by atoms with E-state index in [1.807, 2.05) is 0 Å². The van der Waals surface area contributed by atoms with Crippen LogP contribution in [0.5, 0.6) is 40.2 Å². The molecule has 4 aromatic carbocycles. The number of ketones is 1. The first-order valence-corrected chi connectivity index (χ1v) is 12.0. The number of phenols is 6. The van der Waals surface area contributed by atoms with Crippen LogP contribution in [0.2, 0.25) is 0 Å². The predicted molar refractivity (Wildman–Crippen MR) is 141 cm³/mol. The molecule has 1 aliphatic heterocycles. The van der Waals surface area contributed by atoms with Crippen molar-refractivity contribution >= 4 is 16.8 Å². The average molecular weight is 540 g/mol. The lowest BCUT2D eigenvalue weighted by atomic mass is 9.79. The van der Waals surface area contributed by atoms with Gasteiger partial charge in [-0.15, -0.1) is 0 Å². The second-order valence-corrected chi connectivity index (χ2v) is 9.36. The van der Waals surface area contributed by atoms with Gasteiger partial charge in [-0.3, -0.25) is 9.59 Å². The topological polar surface area (TPSA) is 178 Å². The van der Waals surface area contributed by atoms with Crippen molar-refractivity contribution in [2.75, 3.05) is 0 Å². The first kappa shape index (κ1) is 24.7. The monoisotopic (exact) mass is 540 g/mol. The summed E-state index contributed by atoms with van der Waals surface area (Å²) in [5.41, 5.74) is -0.642. The maximum atomic E-state index is 14.1. The largest absolute Gasteiger partial charge is 0.508 e. The van der Waals surface area contributed by atoms with Gasteiger partial charge in [-0.25, -0.2) is 0 Å². The van der Waals surface area contributed by atoms with Crippen molar-refractivity contribution in [1.82, 2.24) is 0 Å². The Bertz CT molecular complexity index is 1870. The number of aromatic hydroxyl groups is 6. The van der Waals surface area contributed by atoms with Gasteiger partial charge in [-0.2, -0.15) is 0 Å². The normalized spacial score (nSPS) is 16.4. The molecular weight excluding hydrogens is 520 g/mol. The Labute approximate surface area is 224 Å². The fourth-order valence-corrected chi connectivity index (χ4v) is 5.02. The third-order valence-electron chi connectivity index (χ3n) is 6.83. The fraction of sp³-hybridized carbons (Fsp3) is 0.0667. The molecule has 0 unspecified atom stereocenters. The van der Waals surface area contributed by atoms with E-state index in [4.69, 9.17) is 9.15 Å². The molecule has 0 spiro atoms. The summed E-state index contributed by atoms with van der Waals surface area (Å²) >= 11 is 0. The summed E-state index contributed by atoms with van der Waals surface area (Å²) in [6, 6.07) is 15.7. The Hall–Kier alpha value is -5.64. The molecule has 6 N–H and O–H groups in total. The van der Waals surface area contributed by atoms with Crippen LogP contribution < -0.4 is 10.2 Å². The van der Waals surface area contributed by atoms with E-state index in [1.165, 1.54) is 48.5 Å². The van der Waals surface area contributed by atoms with E-state index < -0.39 is 40.5 Å². The van der Waals surface area contributed by atoms with Crippen LogP contribution in [-0.2, 0) is 0 Å². The lowest BCUT2D eigenvalue weighted by molar-refractivity contribution is 0.0772. The summed E-state index contributed by atoms with van der Waals surface area (Å²) in [6.07, 6.45) is -1.19. The molecule has 6 rings (SSSR count). The smallest absolute Gasteiger partial charge is 0.197 e. The summed E-state index contributed by atoms with van der Waals surface area (Å²) in [6.45, 7) is 0. The lowest BCUT2D eigenvalue weighted by Gasteiger charge is -2.34. The maximum absolute atomic E-state index is 14.1. The lowest BCUT2D eigenvalue weighted by Crippen LogP contribution is -2.30. The number of hydrogen-bond donors (Lipinski definition) is 6. The molecule has 2 atom stereocenters. The summed E-state index contributed by atoms with van der Waals surface area (Å²) < 4.78 is 12.2. The first-order valence-electron chi connectivity index (χ1n) is 12.0. The third-order valence-corrected chi connectivity index (χ3v) is 6.83. The summed E-state index contributed by atoms with van der Waals surface area (Å²) in [5, 5.41) is 61.5. The van der Waals surface area contributed by atoms with E-state index in [0.717, 1.165) is 24.3 Å². The zero-order chi connectivity index (χ0) is 28.3. The van der Waals surface area contributed by atoms with E-state index in [1.54, 1.807) is 0 Å². The number of ether oxygens (including phenoxy) is 1. The second kappa shape index (κ2) is 8.98. The highest BCUT2D eigenvalue weighted by molar-refractivity contribution is 6.09.